The quantitative estimate of drug-likeness (QED) is 0.774. The first-order valence-corrected chi connectivity index (χ1v) is 9.00. The van der Waals surface area contributed by atoms with Crippen molar-refractivity contribution < 1.29 is 14.3 Å². The van der Waals surface area contributed by atoms with Gasteiger partial charge in [-0.25, -0.2) is 0 Å². The van der Waals surface area contributed by atoms with Crippen molar-refractivity contribution in [1.82, 2.24) is 10.2 Å². The number of nitrogens with zero attached hydrogens (tertiary/aromatic N) is 1. The fourth-order valence-corrected chi connectivity index (χ4v) is 3.00. The standard InChI is InChI=1S/C19H29N3O3/c1-4-10-25-17-11-14(2)7-8-16(17)21-19(24)18(23)20-12-15-6-5-9-22(3)13-15/h7-8,11,15H,4-6,9-10,12-13H2,1-3H3,(H,20,23)(H,21,24)/t15-/m1/s1. The van der Waals surface area contributed by atoms with E-state index < -0.39 is 11.8 Å². The van der Waals surface area contributed by atoms with Crippen LogP contribution in [0.15, 0.2) is 18.2 Å². The van der Waals surface area contributed by atoms with Crippen molar-refractivity contribution in [3.05, 3.63) is 23.8 Å². The van der Waals surface area contributed by atoms with Gasteiger partial charge in [0.15, 0.2) is 0 Å². The normalized spacial score (nSPS) is 17.8. The van der Waals surface area contributed by atoms with Crippen molar-refractivity contribution in [3.8, 4) is 5.75 Å². The highest BCUT2D eigenvalue weighted by Gasteiger charge is 2.20. The van der Waals surface area contributed by atoms with Crippen LogP contribution in [0.1, 0.15) is 31.7 Å². The number of ether oxygens (including phenoxy) is 1. The minimum Gasteiger partial charge on any atom is -0.491 e. The molecule has 0 spiro atoms. The van der Waals surface area contributed by atoms with Crippen LogP contribution in [-0.2, 0) is 9.59 Å². The zero-order valence-electron chi connectivity index (χ0n) is 15.4. The Kier molecular flexibility index (Phi) is 7.25. The van der Waals surface area contributed by atoms with Crippen LogP contribution < -0.4 is 15.4 Å². The smallest absolute Gasteiger partial charge is 0.313 e. The number of hydrogen-bond acceptors (Lipinski definition) is 4. The Balaban J connectivity index is 1.89. The molecule has 0 bridgehead atoms. The molecule has 0 saturated carbocycles. The van der Waals surface area contributed by atoms with E-state index in [4.69, 9.17) is 4.74 Å². The number of rotatable bonds is 6. The maximum absolute atomic E-state index is 12.2. The number of nitrogens with one attached hydrogen (secondary N) is 2. The van der Waals surface area contributed by atoms with Crippen LogP contribution in [-0.4, -0.2) is 50.0 Å². The van der Waals surface area contributed by atoms with Crippen molar-refractivity contribution in [2.24, 2.45) is 5.92 Å². The molecule has 1 heterocycles. The van der Waals surface area contributed by atoms with Crippen molar-refractivity contribution in [1.29, 1.82) is 0 Å². The molecule has 6 nitrogen and oxygen atoms in total. The van der Waals surface area contributed by atoms with Gasteiger partial charge in [-0.3, -0.25) is 9.59 Å². The van der Waals surface area contributed by atoms with Gasteiger partial charge in [-0.15, -0.1) is 0 Å². The third-order valence-electron chi connectivity index (χ3n) is 4.33. The highest BCUT2D eigenvalue weighted by atomic mass is 16.5. The first-order chi connectivity index (χ1) is 12.0. The molecule has 0 aliphatic carbocycles. The summed E-state index contributed by atoms with van der Waals surface area (Å²) in [5, 5.41) is 5.41. The highest BCUT2D eigenvalue weighted by molar-refractivity contribution is 6.39. The molecule has 1 aromatic carbocycles. The molecule has 0 aromatic heterocycles. The van der Waals surface area contributed by atoms with Crippen molar-refractivity contribution in [3.63, 3.8) is 0 Å². The fourth-order valence-electron chi connectivity index (χ4n) is 3.00. The highest BCUT2D eigenvalue weighted by Crippen LogP contribution is 2.26. The van der Waals surface area contributed by atoms with E-state index in [0.29, 0.717) is 30.5 Å². The number of benzene rings is 1. The summed E-state index contributed by atoms with van der Waals surface area (Å²) in [6, 6.07) is 5.51. The molecule has 1 aliphatic heterocycles. The molecule has 1 fully saturated rings. The van der Waals surface area contributed by atoms with Gasteiger partial charge in [0.1, 0.15) is 5.75 Å². The molecule has 2 amide bonds. The van der Waals surface area contributed by atoms with E-state index in [0.717, 1.165) is 37.9 Å². The third kappa shape index (κ3) is 6.05. The van der Waals surface area contributed by atoms with Crippen LogP contribution in [0.25, 0.3) is 0 Å². The Morgan fingerprint density at radius 2 is 2.12 bits per heavy atom. The van der Waals surface area contributed by atoms with E-state index in [2.05, 4.69) is 22.6 Å². The van der Waals surface area contributed by atoms with Gasteiger partial charge in [0.2, 0.25) is 0 Å². The fraction of sp³-hybridized carbons (Fsp3) is 0.579. The molecule has 1 atom stereocenters. The number of carbonyl (C=O) groups excluding carboxylic acids is 2. The summed E-state index contributed by atoms with van der Waals surface area (Å²) < 4.78 is 5.66. The average molecular weight is 347 g/mol. The molecule has 2 rings (SSSR count). The number of anilines is 1. The van der Waals surface area contributed by atoms with E-state index in [1.54, 1.807) is 6.07 Å². The Morgan fingerprint density at radius 3 is 2.84 bits per heavy atom. The molecule has 0 radical (unpaired) electrons. The predicted molar refractivity (Wildman–Crippen MR) is 98.8 cm³/mol. The summed E-state index contributed by atoms with van der Waals surface area (Å²) in [7, 11) is 2.08. The Bertz CT molecular complexity index is 604. The molecule has 1 aromatic rings. The van der Waals surface area contributed by atoms with Crippen LogP contribution in [0.2, 0.25) is 0 Å². The first-order valence-electron chi connectivity index (χ1n) is 9.00. The van der Waals surface area contributed by atoms with Crippen molar-refractivity contribution in [2.75, 3.05) is 38.6 Å². The van der Waals surface area contributed by atoms with Gasteiger partial charge in [0.25, 0.3) is 0 Å². The Hall–Kier alpha value is -2.08. The predicted octanol–water partition coefficient (Wildman–Crippen LogP) is 2.18. The zero-order valence-corrected chi connectivity index (χ0v) is 15.4. The molecular formula is C19H29N3O3. The van der Waals surface area contributed by atoms with Gasteiger partial charge in [0.05, 0.1) is 12.3 Å². The second-order valence-corrected chi connectivity index (χ2v) is 6.78. The first kappa shape index (κ1) is 19.2. The maximum Gasteiger partial charge on any atom is 0.313 e. The van der Waals surface area contributed by atoms with Crippen LogP contribution in [0.5, 0.6) is 5.75 Å². The molecule has 138 valence electrons. The van der Waals surface area contributed by atoms with Crippen LogP contribution >= 0.6 is 0 Å². The minimum absolute atomic E-state index is 0.401. The second kappa shape index (κ2) is 9.42. The number of piperidine rings is 1. The number of amides is 2. The molecule has 6 heteroatoms. The third-order valence-corrected chi connectivity index (χ3v) is 4.33. The van der Waals surface area contributed by atoms with E-state index in [1.165, 1.54) is 0 Å². The van der Waals surface area contributed by atoms with Gasteiger partial charge < -0.3 is 20.3 Å². The minimum atomic E-state index is -0.658. The number of carbonyl (C=O) groups is 2. The Morgan fingerprint density at radius 1 is 1.32 bits per heavy atom. The molecule has 0 unspecified atom stereocenters. The van der Waals surface area contributed by atoms with E-state index in [-0.39, 0.29) is 0 Å². The lowest BCUT2D eigenvalue weighted by Crippen LogP contribution is -2.42. The summed E-state index contributed by atoms with van der Waals surface area (Å²) in [5.74, 6) is -0.264. The van der Waals surface area contributed by atoms with E-state index in [9.17, 15) is 9.59 Å². The van der Waals surface area contributed by atoms with Gasteiger partial charge in [-0.1, -0.05) is 13.0 Å². The van der Waals surface area contributed by atoms with E-state index in [1.807, 2.05) is 26.0 Å². The summed E-state index contributed by atoms with van der Waals surface area (Å²) in [6.07, 6.45) is 3.08. The summed E-state index contributed by atoms with van der Waals surface area (Å²) in [6.45, 7) is 7.12. The lowest BCUT2D eigenvalue weighted by Gasteiger charge is -2.29. The lowest BCUT2D eigenvalue weighted by atomic mass is 9.98. The monoisotopic (exact) mass is 347 g/mol. The molecule has 1 aliphatic rings. The molecule has 2 N–H and O–H groups in total. The summed E-state index contributed by atoms with van der Waals surface area (Å²) in [5.41, 5.74) is 1.56. The lowest BCUT2D eigenvalue weighted by molar-refractivity contribution is -0.136. The second-order valence-electron chi connectivity index (χ2n) is 6.78. The maximum atomic E-state index is 12.2. The number of aryl methyl sites for hydroxylation is 1. The largest absolute Gasteiger partial charge is 0.491 e. The number of hydrogen-bond donors (Lipinski definition) is 2. The number of likely N-dealkylation sites (tertiary alicyclic amines) is 1. The van der Waals surface area contributed by atoms with Gasteiger partial charge in [-0.05, 0) is 63.4 Å². The van der Waals surface area contributed by atoms with Crippen LogP contribution in [0.4, 0.5) is 5.69 Å². The SMILES string of the molecule is CCCOc1cc(C)ccc1NC(=O)C(=O)NC[C@H]1CCCN(C)C1. The van der Waals surface area contributed by atoms with Crippen LogP contribution in [0.3, 0.4) is 0 Å². The van der Waals surface area contributed by atoms with E-state index >= 15 is 0 Å². The Labute approximate surface area is 149 Å². The summed E-state index contributed by atoms with van der Waals surface area (Å²) >= 11 is 0. The van der Waals surface area contributed by atoms with Crippen LogP contribution in [0, 0.1) is 12.8 Å². The molecule has 1 saturated heterocycles. The van der Waals surface area contributed by atoms with Gasteiger partial charge in [-0.2, -0.15) is 0 Å². The topological polar surface area (TPSA) is 70.7 Å². The van der Waals surface area contributed by atoms with Crippen molar-refractivity contribution >= 4 is 17.5 Å². The van der Waals surface area contributed by atoms with Gasteiger partial charge in [0, 0.05) is 13.1 Å². The molecule has 25 heavy (non-hydrogen) atoms. The van der Waals surface area contributed by atoms with Gasteiger partial charge >= 0.3 is 11.8 Å². The summed E-state index contributed by atoms with van der Waals surface area (Å²) in [4.78, 5) is 26.5. The zero-order chi connectivity index (χ0) is 18.2. The molecular weight excluding hydrogens is 318 g/mol. The van der Waals surface area contributed by atoms with Crippen molar-refractivity contribution in [2.45, 2.75) is 33.1 Å². The average Bonchev–Trinajstić information content (AvgIpc) is 2.59.